The molecule has 0 aromatic heterocycles. The van der Waals surface area contributed by atoms with E-state index in [0.717, 1.165) is 12.8 Å². The van der Waals surface area contributed by atoms with E-state index in [-0.39, 0.29) is 11.7 Å². The van der Waals surface area contributed by atoms with Crippen molar-refractivity contribution >= 4 is 10.0 Å². The van der Waals surface area contributed by atoms with Crippen molar-refractivity contribution in [2.45, 2.75) is 32.8 Å². The van der Waals surface area contributed by atoms with Crippen LogP contribution in [-0.2, 0) is 10.0 Å². The molecule has 1 aliphatic heterocycles. The average molecular weight is 221 g/mol. The highest BCUT2D eigenvalue weighted by atomic mass is 32.2. The molecule has 1 aliphatic rings. The lowest BCUT2D eigenvalue weighted by atomic mass is 9.95. The van der Waals surface area contributed by atoms with Crippen molar-refractivity contribution in [1.82, 2.24) is 4.31 Å². The predicted molar refractivity (Wildman–Crippen MR) is 55.4 cm³/mol. The molecule has 1 saturated heterocycles. The van der Waals surface area contributed by atoms with Gasteiger partial charge in [-0.15, -0.1) is 0 Å². The van der Waals surface area contributed by atoms with Gasteiger partial charge in [0.1, 0.15) is 0 Å². The second-order valence-electron chi connectivity index (χ2n) is 3.90. The lowest BCUT2D eigenvalue weighted by Gasteiger charge is -2.33. The number of nitrogens with zero attached hydrogens (tertiary/aromatic N) is 1. The summed E-state index contributed by atoms with van der Waals surface area (Å²) in [5.74, 6) is 0.254. The summed E-state index contributed by atoms with van der Waals surface area (Å²) in [7, 11) is -3.07. The van der Waals surface area contributed by atoms with Gasteiger partial charge in [-0.25, -0.2) is 12.7 Å². The van der Waals surface area contributed by atoms with Crippen molar-refractivity contribution < 1.29 is 13.5 Å². The third-order valence-corrected chi connectivity index (χ3v) is 4.71. The Morgan fingerprint density at radius 3 is 2.71 bits per heavy atom. The van der Waals surface area contributed by atoms with E-state index in [0.29, 0.717) is 13.1 Å². The molecule has 2 unspecified atom stereocenters. The molecule has 0 bridgehead atoms. The van der Waals surface area contributed by atoms with Crippen LogP contribution >= 0.6 is 0 Å². The first-order valence-corrected chi connectivity index (χ1v) is 6.74. The van der Waals surface area contributed by atoms with Gasteiger partial charge in [-0.05, 0) is 32.6 Å². The van der Waals surface area contributed by atoms with Crippen molar-refractivity contribution in [3.63, 3.8) is 0 Å². The molecule has 0 saturated carbocycles. The largest absolute Gasteiger partial charge is 0.393 e. The highest BCUT2D eigenvalue weighted by molar-refractivity contribution is 7.89. The standard InChI is InChI=1S/C9H19NO3S/c1-3-14(12,13)10-6-4-5-9(7-10)8(2)11/h8-9,11H,3-7H2,1-2H3. The first kappa shape index (κ1) is 11.9. The minimum Gasteiger partial charge on any atom is -0.393 e. The Bertz CT molecular complexity index is 274. The van der Waals surface area contributed by atoms with E-state index in [1.165, 1.54) is 4.31 Å². The molecule has 84 valence electrons. The molecule has 1 heterocycles. The summed E-state index contributed by atoms with van der Waals surface area (Å²) in [6.07, 6.45) is 1.37. The monoisotopic (exact) mass is 221 g/mol. The summed E-state index contributed by atoms with van der Waals surface area (Å²) in [5.41, 5.74) is 0. The predicted octanol–water partition coefficient (Wildman–Crippen LogP) is 0.429. The van der Waals surface area contributed by atoms with Crippen LogP contribution in [0, 0.1) is 5.92 Å². The maximum atomic E-state index is 11.6. The Balaban J connectivity index is 2.65. The van der Waals surface area contributed by atoms with Crippen LogP contribution in [0.25, 0.3) is 0 Å². The van der Waals surface area contributed by atoms with Gasteiger partial charge < -0.3 is 5.11 Å². The summed E-state index contributed by atoms with van der Waals surface area (Å²) >= 11 is 0. The zero-order valence-corrected chi connectivity index (χ0v) is 9.63. The number of sulfonamides is 1. The van der Waals surface area contributed by atoms with Crippen LogP contribution in [0.1, 0.15) is 26.7 Å². The summed E-state index contributed by atoms with van der Waals surface area (Å²) in [5, 5.41) is 9.41. The molecule has 4 nitrogen and oxygen atoms in total. The van der Waals surface area contributed by atoms with Crippen molar-refractivity contribution in [2.75, 3.05) is 18.8 Å². The molecule has 0 aromatic rings. The number of aliphatic hydroxyl groups excluding tert-OH is 1. The fourth-order valence-corrected chi connectivity index (χ4v) is 2.99. The minimum absolute atomic E-state index is 0.102. The maximum Gasteiger partial charge on any atom is 0.213 e. The quantitative estimate of drug-likeness (QED) is 0.752. The molecule has 0 radical (unpaired) electrons. The van der Waals surface area contributed by atoms with Gasteiger partial charge in [0.15, 0.2) is 0 Å². The molecule has 5 heteroatoms. The molecule has 0 aliphatic carbocycles. The Morgan fingerprint density at radius 2 is 2.21 bits per heavy atom. The zero-order chi connectivity index (χ0) is 10.8. The third-order valence-electron chi connectivity index (χ3n) is 2.86. The normalized spacial score (nSPS) is 27.5. The van der Waals surface area contributed by atoms with E-state index < -0.39 is 16.1 Å². The maximum absolute atomic E-state index is 11.6. The topological polar surface area (TPSA) is 57.6 Å². The first-order chi connectivity index (χ1) is 6.47. The van der Waals surface area contributed by atoms with Crippen molar-refractivity contribution in [3.8, 4) is 0 Å². The van der Waals surface area contributed by atoms with Gasteiger partial charge in [-0.3, -0.25) is 0 Å². The third kappa shape index (κ3) is 2.68. The molecule has 0 amide bonds. The fraction of sp³-hybridized carbons (Fsp3) is 1.00. The number of hydrogen-bond donors (Lipinski definition) is 1. The Kier molecular flexibility index (Phi) is 3.92. The zero-order valence-electron chi connectivity index (χ0n) is 8.81. The number of hydrogen-bond acceptors (Lipinski definition) is 3. The van der Waals surface area contributed by atoms with Crippen LogP contribution in [0.15, 0.2) is 0 Å². The van der Waals surface area contributed by atoms with Crippen molar-refractivity contribution in [2.24, 2.45) is 5.92 Å². The van der Waals surface area contributed by atoms with Crippen molar-refractivity contribution in [3.05, 3.63) is 0 Å². The summed E-state index contributed by atoms with van der Waals surface area (Å²) in [6, 6.07) is 0. The minimum atomic E-state index is -3.07. The highest BCUT2D eigenvalue weighted by Gasteiger charge is 2.29. The smallest absolute Gasteiger partial charge is 0.213 e. The highest BCUT2D eigenvalue weighted by Crippen LogP contribution is 2.21. The van der Waals surface area contributed by atoms with Crippen LogP contribution in [0.4, 0.5) is 0 Å². The fourth-order valence-electron chi connectivity index (χ4n) is 1.80. The Hall–Kier alpha value is -0.130. The van der Waals surface area contributed by atoms with E-state index in [4.69, 9.17) is 0 Å². The number of rotatable bonds is 3. The Morgan fingerprint density at radius 1 is 1.57 bits per heavy atom. The summed E-state index contributed by atoms with van der Waals surface area (Å²) in [4.78, 5) is 0. The molecule has 0 spiro atoms. The van der Waals surface area contributed by atoms with Crippen LogP contribution in [0.5, 0.6) is 0 Å². The number of aliphatic hydroxyl groups is 1. The second-order valence-corrected chi connectivity index (χ2v) is 6.16. The van der Waals surface area contributed by atoms with Crippen molar-refractivity contribution in [1.29, 1.82) is 0 Å². The van der Waals surface area contributed by atoms with Crippen LogP contribution in [0.2, 0.25) is 0 Å². The molecular weight excluding hydrogens is 202 g/mol. The number of piperidine rings is 1. The van der Waals surface area contributed by atoms with E-state index in [2.05, 4.69) is 0 Å². The summed E-state index contributed by atoms with van der Waals surface area (Å²) in [6.45, 7) is 4.47. The lowest BCUT2D eigenvalue weighted by molar-refractivity contribution is 0.0886. The van der Waals surface area contributed by atoms with Gasteiger partial charge in [-0.2, -0.15) is 0 Å². The Labute approximate surface area is 86.0 Å². The lowest BCUT2D eigenvalue weighted by Crippen LogP contribution is -2.43. The second kappa shape index (κ2) is 4.59. The van der Waals surface area contributed by atoms with E-state index in [1.807, 2.05) is 0 Å². The molecule has 2 atom stereocenters. The first-order valence-electron chi connectivity index (χ1n) is 5.13. The van der Waals surface area contributed by atoms with Gasteiger partial charge in [0.2, 0.25) is 10.0 Å². The van der Waals surface area contributed by atoms with Crippen LogP contribution in [-0.4, -0.2) is 42.8 Å². The molecule has 0 aromatic carbocycles. The van der Waals surface area contributed by atoms with Crippen LogP contribution in [0.3, 0.4) is 0 Å². The van der Waals surface area contributed by atoms with Gasteiger partial charge in [0.25, 0.3) is 0 Å². The molecular formula is C9H19NO3S. The molecule has 14 heavy (non-hydrogen) atoms. The van der Waals surface area contributed by atoms with Gasteiger partial charge in [-0.1, -0.05) is 0 Å². The van der Waals surface area contributed by atoms with Gasteiger partial charge >= 0.3 is 0 Å². The summed E-state index contributed by atoms with van der Waals surface area (Å²) < 4.78 is 24.6. The molecule has 1 N–H and O–H groups in total. The molecule has 1 fully saturated rings. The van der Waals surface area contributed by atoms with Gasteiger partial charge in [0.05, 0.1) is 11.9 Å². The van der Waals surface area contributed by atoms with E-state index in [9.17, 15) is 13.5 Å². The molecule has 1 rings (SSSR count). The SMILES string of the molecule is CCS(=O)(=O)N1CCCC(C(C)O)C1. The van der Waals surface area contributed by atoms with E-state index in [1.54, 1.807) is 13.8 Å². The van der Waals surface area contributed by atoms with E-state index >= 15 is 0 Å². The average Bonchev–Trinajstić information content (AvgIpc) is 2.18. The van der Waals surface area contributed by atoms with Crippen LogP contribution < -0.4 is 0 Å². The van der Waals surface area contributed by atoms with Gasteiger partial charge in [0, 0.05) is 13.1 Å².